The summed E-state index contributed by atoms with van der Waals surface area (Å²) < 4.78 is 5.76. The van der Waals surface area contributed by atoms with Crippen molar-refractivity contribution in [1.29, 1.82) is 0 Å². The molecule has 5 heteroatoms. The molecule has 3 atom stereocenters. The van der Waals surface area contributed by atoms with Gasteiger partial charge in [0, 0.05) is 19.6 Å². The maximum Gasteiger partial charge on any atom is 0.321 e. The fourth-order valence-electron chi connectivity index (χ4n) is 3.07. The van der Waals surface area contributed by atoms with E-state index in [0.717, 1.165) is 45.8 Å². The van der Waals surface area contributed by atoms with Crippen LogP contribution in [-0.2, 0) is 9.53 Å². The van der Waals surface area contributed by atoms with Crippen LogP contribution in [0.5, 0.6) is 0 Å². The van der Waals surface area contributed by atoms with Gasteiger partial charge in [0.05, 0.1) is 12.7 Å². The van der Waals surface area contributed by atoms with E-state index < -0.39 is 5.97 Å². The van der Waals surface area contributed by atoms with Crippen molar-refractivity contribution < 1.29 is 14.6 Å². The van der Waals surface area contributed by atoms with Gasteiger partial charge in [-0.2, -0.15) is 0 Å². The third-order valence-electron chi connectivity index (χ3n) is 4.17. The highest BCUT2D eigenvalue weighted by Gasteiger charge is 2.38. The number of carboxylic acids is 1. The predicted octanol–water partition coefficient (Wildman–Crippen LogP) is 0.502. The fraction of sp³-hybridized carbons (Fsp3) is 0.923. The van der Waals surface area contributed by atoms with Gasteiger partial charge in [0.2, 0.25) is 0 Å². The zero-order valence-corrected chi connectivity index (χ0v) is 11.3. The van der Waals surface area contributed by atoms with Gasteiger partial charge in [-0.25, -0.2) is 0 Å². The molecule has 104 valence electrons. The van der Waals surface area contributed by atoms with Gasteiger partial charge < -0.3 is 9.84 Å². The molecule has 2 aliphatic rings. The summed E-state index contributed by atoms with van der Waals surface area (Å²) in [4.78, 5) is 15.7. The van der Waals surface area contributed by atoms with Crippen LogP contribution in [0.4, 0.5) is 0 Å². The lowest BCUT2D eigenvalue weighted by molar-refractivity contribution is -0.144. The molecule has 0 aliphatic carbocycles. The van der Waals surface area contributed by atoms with Gasteiger partial charge in [0.15, 0.2) is 0 Å². The summed E-state index contributed by atoms with van der Waals surface area (Å²) in [6, 6.07) is -0.328. The Labute approximate surface area is 109 Å². The fourth-order valence-corrected chi connectivity index (χ4v) is 3.07. The molecule has 0 spiro atoms. The quantitative estimate of drug-likeness (QED) is 0.794. The maximum absolute atomic E-state index is 11.3. The number of morpholine rings is 1. The van der Waals surface area contributed by atoms with Crippen molar-refractivity contribution in [3.63, 3.8) is 0 Å². The number of nitrogens with zero attached hydrogens (tertiary/aromatic N) is 2. The minimum atomic E-state index is -0.692. The number of likely N-dealkylation sites (tertiary alicyclic amines) is 1. The first-order valence-corrected chi connectivity index (χ1v) is 6.92. The van der Waals surface area contributed by atoms with E-state index >= 15 is 0 Å². The van der Waals surface area contributed by atoms with E-state index in [1.54, 1.807) is 0 Å². The lowest BCUT2D eigenvalue weighted by Gasteiger charge is -2.35. The normalized spacial score (nSPS) is 34.9. The minimum Gasteiger partial charge on any atom is -0.480 e. The molecule has 0 aromatic rings. The molecule has 0 saturated carbocycles. The van der Waals surface area contributed by atoms with Crippen molar-refractivity contribution in [3.8, 4) is 0 Å². The Morgan fingerprint density at radius 2 is 2.22 bits per heavy atom. The van der Waals surface area contributed by atoms with E-state index in [9.17, 15) is 9.90 Å². The zero-order valence-electron chi connectivity index (χ0n) is 11.3. The summed E-state index contributed by atoms with van der Waals surface area (Å²) in [7, 11) is 0. The predicted molar refractivity (Wildman–Crippen MR) is 68.6 cm³/mol. The molecule has 1 N–H and O–H groups in total. The number of carboxylic acid groups (broad SMARTS) is 1. The topological polar surface area (TPSA) is 53.0 Å². The minimum absolute atomic E-state index is 0.158. The molecule has 3 unspecified atom stereocenters. The van der Waals surface area contributed by atoms with Gasteiger partial charge in [-0.1, -0.05) is 13.8 Å². The number of carbonyl (C=O) groups is 1. The van der Waals surface area contributed by atoms with E-state index in [-0.39, 0.29) is 18.1 Å². The van der Waals surface area contributed by atoms with Crippen LogP contribution in [0.25, 0.3) is 0 Å². The molecule has 18 heavy (non-hydrogen) atoms. The van der Waals surface area contributed by atoms with Crippen LogP contribution in [0, 0.1) is 5.92 Å². The first-order valence-electron chi connectivity index (χ1n) is 6.92. The monoisotopic (exact) mass is 256 g/mol. The molecular formula is C13H24N2O3. The van der Waals surface area contributed by atoms with Crippen LogP contribution in [0.1, 0.15) is 20.3 Å². The van der Waals surface area contributed by atoms with E-state index in [1.165, 1.54) is 0 Å². The largest absolute Gasteiger partial charge is 0.480 e. The molecule has 0 amide bonds. The summed E-state index contributed by atoms with van der Waals surface area (Å²) in [5.74, 6) is -0.448. The van der Waals surface area contributed by atoms with Gasteiger partial charge in [-0.15, -0.1) is 0 Å². The van der Waals surface area contributed by atoms with Crippen molar-refractivity contribution in [2.24, 2.45) is 5.92 Å². The lowest BCUT2D eigenvalue weighted by atomic mass is 10.0. The summed E-state index contributed by atoms with van der Waals surface area (Å²) in [6.45, 7) is 9.53. The van der Waals surface area contributed by atoms with E-state index in [4.69, 9.17) is 4.74 Å². The van der Waals surface area contributed by atoms with Crippen molar-refractivity contribution in [1.82, 2.24) is 9.80 Å². The first-order chi connectivity index (χ1) is 8.61. The average Bonchev–Trinajstić information content (AvgIpc) is 2.70. The second-order valence-electron chi connectivity index (χ2n) is 5.43. The Bertz CT molecular complexity index is 298. The van der Waals surface area contributed by atoms with Crippen molar-refractivity contribution >= 4 is 5.97 Å². The Kier molecular flexibility index (Phi) is 4.59. The second kappa shape index (κ2) is 5.99. The molecule has 0 aromatic carbocycles. The highest BCUT2D eigenvalue weighted by molar-refractivity contribution is 5.74. The highest BCUT2D eigenvalue weighted by atomic mass is 16.5. The van der Waals surface area contributed by atoms with Crippen LogP contribution < -0.4 is 0 Å². The third kappa shape index (κ3) is 3.02. The summed E-state index contributed by atoms with van der Waals surface area (Å²) in [5, 5.41) is 9.29. The summed E-state index contributed by atoms with van der Waals surface area (Å²) in [5.41, 5.74) is 0. The zero-order chi connectivity index (χ0) is 13.1. The molecule has 0 radical (unpaired) electrons. The van der Waals surface area contributed by atoms with E-state index in [2.05, 4.69) is 16.7 Å². The molecule has 2 rings (SSSR count). The SMILES string of the molecule is CCN1CCOC(CN2CCC(C)C2C(=O)O)C1. The van der Waals surface area contributed by atoms with Crippen LogP contribution >= 0.6 is 0 Å². The lowest BCUT2D eigenvalue weighted by Crippen LogP contribution is -2.50. The highest BCUT2D eigenvalue weighted by Crippen LogP contribution is 2.25. The maximum atomic E-state index is 11.3. The Morgan fingerprint density at radius 1 is 1.44 bits per heavy atom. The third-order valence-corrected chi connectivity index (χ3v) is 4.17. The van der Waals surface area contributed by atoms with Crippen molar-refractivity contribution in [2.75, 3.05) is 39.3 Å². The van der Waals surface area contributed by atoms with Gasteiger partial charge in [-0.05, 0) is 25.4 Å². The molecule has 0 bridgehead atoms. The Morgan fingerprint density at radius 3 is 2.89 bits per heavy atom. The smallest absolute Gasteiger partial charge is 0.321 e. The summed E-state index contributed by atoms with van der Waals surface area (Å²) >= 11 is 0. The number of likely N-dealkylation sites (N-methyl/N-ethyl adjacent to an activating group) is 1. The molecule has 2 aliphatic heterocycles. The van der Waals surface area contributed by atoms with Crippen LogP contribution in [-0.4, -0.2) is 72.4 Å². The van der Waals surface area contributed by atoms with Crippen molar-refractivity contribution in [3.05, 3.63) is 0 Å². The molecular weight excluding hydrogens is 232 g/mol. The number of hydrogen-bond donors (Lipinski definition) is 1. The van der Waals surface area contributed by atoms with Crippen molar-refractivity contribution in [2.45, 2.75) is 32.4 Å². The van der Waals surface area contributed by atoms with Crippen LogP contribution in [0.3, 0.4) is 0 Å². The van der Waals surface area contributed by atoms with Crippen LogP contribution in [0.2, 0.25) is 0 Å². The number of ether oxygens (including phenoxy) is 1. The second-order valence-corrected chi connectivity index (χ2v) is 5.43. The van der Waals surface area contributed by atoms with Gasteiger partial charge >= 0.3 is 5.97 Å². The Balaban J connectivity index is 1.90. The van der Waals surface area contributed by atoms with Crippen LogP contribution in [0.15, 0.2) is 0 Å². The molecule has 2 saturated heterocycles. The van der Waals surface area contributed by atoms with Gasteiger partial charge in [0.1, 0.15) is 6.04 Å². The number of aliphatic carboxylic acids is 1. The molecule has 0 aromatic heterocycles. The van der Waals surface area contributed by atoms with Gasteiger partial charge in [-0.3, -0.25) is 14.6 Å². The summed E-state index contributed by atoms with van der Waals surface area (Å²) in [6.07, 6.45) is 1.13. The molecule has 2 heterocycles. The van der Waals surface area contributed by atoms with Gasteiger partial charge in [0.25, 0.3) is 0 Å². The first kappa shape index (κ1) is 13.8. The van der Waals surface area contributed by atoms with E-state index in [0.29, 0.717) is 0 Å². The Hall–Kier alpha value is -0.650. The number of hydrogen-bond acceptors (Lipinski definition) is 4. The molecule has 2 fully saturated rings. The molecule has 5 nitrogen and oxygen atoms in total. The average molecular weight is 256 g/mol. The van der Waals surface area contributed by atoms with E-state index in [1.807, 2.05) is 6.92 Å². The number of rotatable bonds is 4. The standard InChI is InChI=1S/C13H24N2O3/c1-3-14-6-7-18-11(8-14)9-15-5-4-10(2)12(15)13(16)17/h10-12H,3-9H2,1-2H3,(H,16,17).